The maximum Gasteiger partial charge on any atom is 0.325 e. The van der Waals surface area contributed by atoms with Crippen LogP contribution in [0, 0.1) is 0 Å². The number of amides is 4. The third kappa shape index (κ3) is 4.44. The van der Waals surface area contributed by atoms with Crippen LogP contribution < -0.4 is 5.32 Å². The minimum Gasteiger partial charge on any atom is -0.336 e. The molecule has 0 spiro atoms. The molecule has 2 aromatic rings. The van der Waals surface area contributed by atoms with Crippen molar-refractivity contribution in [1.82, 2.24) is 15.1 Å². The lowest BCUT2D eigenvalue weighted by atomic mass is 9.90. The molecule has 1 aliphatic rings. The molecule has 160 valence electrons. The van der Waals surface area contributed by atoms with Crippen LogP contribution >= 0.6 is 27.3 Å². The number of rotatable bonds is 7. The van der Waals surface area contributed by atoms with Gasteiger partial charge < -0.3 is 10.2 Å². The molecule has 1 aliphatic heterocycles. The van der Waals surface area contributed by atoms with Crippen molar-refractivity contribution >= 4 is 45.1 Å². The highest BCUT2D eigenvalue weighted by atomic mass is 79.9. The number of hydrogen-bond donors (Lipinski definition) is 1. The Kier molecular flexibility index (Phi) is 6.67. The third-order valence-electron chi connectivity index (χ3n) is 5.43. The molecule has 0 bridgehead atoms. The van der Waals surface area contributed by atoms with Crippen molar-refractivity contribution in [2.75, 3.05) is 13.1 Å². The molecule has 1 aromatic carbocycles. The van der Waals surface area contributed by atoms with E-state index in [2.05, 4.69) is 35.1 Å². The van der Waals surface area contributed by atoms with Crippen LogP contribution in [-0.2, 0) is 21.7 Å². The van der Waals surface area contributed by atoms with E-state index in [9.17, 15) is 14.4 Å². The first kappa shape index (κ1) is 22.5. The van der Waals surface area contributed by atoms with Crippen molar-refractivity contribution in [3.05, 3.63) is 56.2 Å². The summed E-state index contributed by atoms with van der Waals surface area (Å²) in [5.41, 5.74) is 0.684. The highest BCUT2D eigenvalue weighted by Crippen LogP contribution is 2.30. The van der Waals surface area contributed by atoms with Gasteiger partial charge in [0.2, 0.25) is 5.91 Å². The highest BCUT2D eigenvalue weighted by Gasteiger charge is 2.49. The average molecular weight is 492 g/mol. The number of thiophene rings is 1. The minimum absolute atomic E-state index is 0.259. The van der Waals surface area contributed by atoms with Crippen LogP contribution in [0.3, 0.4) is 0 Å². The fourth-order valence-electron chi connectivity index (χ4n) is 3.47. The van der Waals surface area contributed by atoms with Gasteiger partial charge in [0.25, 0.3) is 5.91 Å². The lowest BCUT2D eigenvalue weighted by Gasteiger charge is -2.24. The van der Waals surface area contributed by atoms with Gasteiger partial charge in [0.15, 0.2) is 0 Å². The fourth-order valence-corrected chi connectivity index (χ4v) is 4.97. The van der Waals surface area contributed by atoms with Crippen LogP contribution in [0.15, 0.2) is 40.2 Å². The Hall–Kier alpha value is -2.19. The summed E-state index contributed by atoms with van der Waals surface area (Å²) in [5.74, 6) is -0.295. The number of imide groups is 1. The standard InChI is InChI=1S/C22H26BrN3O3S/c1-5-25(12-17-10-11-18(23)30-17)19(27)13-26-20(28)22(4,24-21(26)29)16-8-6-15(7-9-16)14(2)3/h6-11,14H,5,12-13H2,1-4H3,(H,24,29). The number of halogens is 1. The molecule has 6 nitrogen and oxygen atoms in total. The molecule has 1 unspecified atom stereocenters. The third-order valence-corrected chi connectivity index (χ3v) is 7.04. The Morgan fingerprint density at radius 1 is 1.20 bits per heavy atom. The van der Waals surface area contributed by atoms with Gasteiger partial charge in [0.05, 0.1) is 10.3 Å². The normalized spacial score (nSPS) is 18.8. The van der Waals surface area contributed by atoms with Gasteiger partial charge in [-0.2, -0.15) is 0 Å². The van der Waals surface area contributed by atoms with Crippen molar-refractivity contribution in [3.8, 4) is 0 Å². The molecule has 0 saturated carbocycles. The monoisotopic (exact) mass is 491 g/mol. The molecular formula is C22H26BrN3O3S. The van der Waals surface area contributed by atoms with E-state index >= 15 is 0 Å². The zero-order chi connectivity index (χ0) is 22.1. The van der Waals surface area contributed by atoms with Gasteiger partial charge in [-0.25, -0.2) is 4.79 Å². The number of nitrogens with one attached hydrogen (secondary N) is 1. The molecule has 1 aromatic heterocycles. The second-order valence-corrected chi connectivity index (χ2v) is 10.4. The summed E-state index contributed by atoms with van der Waals surface area (Å²) in [6, 6.07) is 11.0. The molecule has 3 rings (SSSR count). The predicted octanol–water partition coefficient (Wildman–Crippen LogP) is 4.45. The zero-order valence-electron chi connectivity index (χ0n) is 17.6. The van der Waals surface area contributed by atoms with Gasteiger partial charge in [0, 0.05) is 11.4 Å². The topological polar surface area (TPSA) is 69.7 Å². The SMILES string of the molecule is CCN(Cc1ccc(Br)s1)C(=O)CN1C(=O)NC(C)(c2ccc(C(C)C)cc2)C1=O. The smallest absolute Gasteiger partial charge is 0.325 e. The van der Waals surface area contributed by atoms with Crippen LogP contribution in [-0.4, -0.2) is 40.7 Å². The average Bonchev–Trinajstić information content (AvgIpc) is 3.22. The molecule has 8 heteroatoms. The van der Waals surface area contributed by atoms with Crippen molar-refractivity contribution < 1.29 is 14.4 Å². The van der Waals surface area contributed by atoms with Crippen molar-refractivity contribution in [3.63, 3.8) is 0 Å². The molecule has 1 N–H and O–H groups in total. The van der Waals surface area contributed by atoms with E-state index < -0.39 is 17.5 Å². The lowest BCUT2D eigenvalue weighted by Crippen LogP contribution is -2.44. The van der Waals surface area contributed by atoms with E-state index in [0.717, 1.165) is 19.1 Å². The van der Waals surface area contributed by atoms with E-state index in [1.165, 1.54) is 0 Å². The van der Waals surface area contributed by atoms with E-state index in [0.29, 0.717) is 24.6 Å². The number of hydrogen-bond acceptors (Lipinski definition) is 4. The summed E-state index contributed by atoms with van der Waals surface area (Å²) in [5, 5.41) is 2.77. The van der Waals surface area contributed by atoms with Crippen LogP contribution in [0.4, 0.5) is 4.79 Å². The fraction of sp³-hybridized carbons (Fsp3) is 0.409. The molecule has 4 amide bonds. The van der Waals surface area contributed by atoms with Crippen LogP contribution in [0.5, 0.6) is 0 Å². The Morgan fingerprint density at radius 2 is 1.87 bits per heavy atom. The Morgan fingerprint density at radius 3 is 2.40 bits per heavy atom. The van der Waals surface area contributed by atoms with Gasteiger partial charge in [-0.1, -0.05) is 38.1 Å². The first-order valence-electron chi connectivity index (χ1n) is 9.92. The number of benzene rings is 1. The number of carbonyl (C=O) groups excluding carboxylic acids is 3. The van der Waals surface area contributed by atoms with Gasteiger partial charge >= 0.3 is 6.03 Å². The number of likely N-dealkylation sites (N-methyl/N-ethyl adjacent to an activating group) is 1. The summed E-state index contributed by atoms with van der Waals surface area (Å²) in [7, 11) is 0. The van der Waals surface area contributed by atoms with E-state index in [4.69, 9.17) is 0 Å². The van der Waals surface area contributed by atoms with E-state index in [1.54, 1.807) is 23.2 Å². The van der Waals surface area contributed by atoms with Crippen molar-refractivity contribution in [1.29, 1.82) is 0 Å². The zero-order valence-corrected chi connectivity index (χ0v) is 20.0. The van der Waals surface area contributed by atoms with Crippen LogP contribution in [0.2, 0.25) is 0 Å². The predicted molar refractivity (Wildman–Crippen MR) is 121 cm³/mol. The van der Waals surface area contributed by atoms with Crippen molar-refractivity contribution in [2.24, 2.45) is 0 Å². The molecule has 2 heterocycles. The van der Waals surface area contributed by atoms with E-state index in [-0.39, 0.29) is 12.5 Å². The molecule has 0 aliphatic carbocycles. The number of carbonyl (C=O) groups is 3. The summed E-state index contributed by atoms with van der Waals surface area (Å²) >= 11 is 4.98. The molecule has 0 radical (unpaired) electrons. The first-order valence-corrected chi connectivity index (χ1v) is 11.5. The first-order chi connectivity index (χ1) is 14.2. The molecule has 1 saturated heterocycles. The molecule has 1 atom stereocenters. The Labute approximate surface area is 189 Å². The second kappa shape index (κ2) is 8.89. The lowest BCUT2D eigenvalue weighted by molar-refractivity contribution is -0.139. The molecular weight excluding hydrogens is 466 g/mol. The van der Waals surface area contributed by atoms with E-state index in [1.807, 2.05) is 43.3 Å². The summed E-state index contributed by atoms with van der Waals surface area (Å²) < 4.78 is 0.995. The largest absolute Gasteiger partial charge is 0.336 e. The van der Waals surface area contributed by atoms with Gasteiger partial charge in [-0.3, -0.25) is 14.5 Å². The van der Waals surface area contributed by atoms with Crippen LogP contribution in [0.1, 0.15) is 49.6 Å². The number of nitrogens with zero attached hydrogens (tertiary/aromatic N) is 2. The quantitative estimate of drug-likeness (QED) is 0.581. The Bertz CT molecular complexity index is 957. The minimum atomic E-state index is -1.18. The Balaban J connectivity index is 1.74. The molecule has 1 fully saturated rings. The maximum absolute atomic E-state index is 13.1. The number of urea groups is 1. The molecule has 30 heavy (non-hydrogen) atoms. The summed E-state index contributed by atoms with van der Waals surface area (Å²) in [6.45, 7) is 8.43. The van der Waals surface area contributed by atoms with Crippen molar-refractivity contribution in [2.45, 2.75) is 45.7 Å². The summed E-state index contributed by atoms with van der Waals surface area (Å²) in [6.07, 6.45) is 0. The van der Waals surface area contributed by atoms with Gasteiger partial charge in [-0.15, -0.1) is 11.3 Å². The van der Waals surface area contributed by atoms with Gasteiger partial charge in [0.1, 0.15) is 12.1 Å². The van der Waals surface area contributed by atoms with Gasteiger partial charge in [-0.05, 0) is 59.0 Å². The summed E-state index contributed by atoms with van der Waals surface area (Å²) in [4.78, 5) is 42.2. The maximum atomic E-state index is 13.1. The van der Waals surface area contributed by atoms with Crippen LogP contribution in [0.25, 0.3) is 0 Å². The second-order valence-electron chi connectivity index (χ2n) is 7.84. The highest BCUT2D eigenvalue weighted by molar-refractivity contribution is 9.11.